The predicted octanol–water partition coefficient (Wildman–Crippen LogP) is 1.88. The number of rotatable bonds is 1. The summed E-state index contributed by atoms with van der Waals surface area (Å²) in [4.78, 5) is 8.53. The molecule has 4 heteroatoms. The van der Waals surface area contributed by atoms with Crippen LogP contribution in [0.3, 0.4) is 0 Å². The highest BCUT2D eigenvalue weighted by Gasteiger charge is 2.13. The van der Waals surface area contributed by atoms with E-state index < -0.39 is 7.14 Å². The van der Waals surface area contributed by atoms with Crippen molar-refractivity contribution in [1.82, 2.24) is 9.97 Å². The molecule has 0 fully saturated rings. The molecule has 0 N–H and O–H groups in total. The molecule has 0 amide bonds. The van der Waals surface area contributed by atoms with Crippen molar-refractivity contribution < 1.29 is 4.57 Å². The number of hydrogen-bond acceptors (Lipinski definition) is 3. The Bertz CT molecular complexity index is 518. The van der Waals surface area contributed by atoms with Crippen molar-refractivity contribution in [2.75, 3.05) is 13.3 Å². The fourth-order valence-corrected chi connectivity index (χ4v) is 1.89. The fraction of sp³-hybridized carbons (Fsp3) is 0.200. The second-order valence-corrected chi connectivity index (χ2v) is 6.73. The lowest BCUT2D eigenvalue weighted by molar-refractivity contribution is 0.588. The summed E-state index contributed by atoms with van der Waals surface area (Å²) in [5.41, 5.74) is 2.23. The fourth-order valence-electron chi connectivity index (χ4n) is 1.21. The van der Waals surface area contributed by atoms with Crippen LogP contribution in [0.15, 0.2) is 30.5 Å². The number of para-hydroxylation sites is 2. The van der Waals surface area contributed by atoms with Crippen molar-refractivity contribution in [3.8, 4) is 0 Å². The smallest absolute Gasteiger partial charge is 0.128 e. The molecule has 0 bridgehead atoms. The summed E-state index contributed by atoms with van der Waals surface area (Å²) < 4.78 is 11.8. The van der Waals surface area contributed by atoms with Gasteiger partial charge in [0.2, 0.25) is 0 Å². The second kappa shape index (κ2) is 3.18. The molecule has 0 atom stereocenters. The molecule has 0 saturated heterocycles. The Morgan fingerprint density at radius 1 is 1.14 bits per heavy atom. The lowest BCUT2D eigenvalue weighted by Crippen LogP contribution is -2.09. The number of aromatic nitrogens is 2. The third-order valence-electron chi connectivity index (χ3n) is 1.99. The van der Waals surface area contributed by atoms with E-state index in [1.165, 1.54) is 0 Å². The van der Waals surface area contributed by atoms with Crippen LogP contribution in [0.4, 0.5) is 0 Å². The van der Waals surface area contributed by atoms with E-state index in [0.29, 0.717) is 5.44 Å². The molecule has 14 heavy (non-hydrogen) atoms. The lowest BCUT2D eigenvalue weighted by atomic mass is 10.3. The van der Waals surface area contributed by atoms with Gasteiger partial charge in [-0.05, 0) is 25.5 Å². The van der Waals surface area contributed by atoms with Crippen molar-refractivity contribution >= 4 is 23.6 Å². The lowest BCUT2D eigenvalue weighted by Gasteiger charge is -2.05. The maximum absolute atomic E-state index is 11.8. The molecule has 0 spiro atoms. The monoisotopic (exact) mass is 206 g/mol. The summed E-state index contributed by atoms with van der Waals surface area (Å²) in [5, 5.41) is 0. The maximum Gasteiger partial charge on any atom is 0.128 e. The zero-order valence-electron chi connectivity index (χ0n) is 8.14. The summed E-state index contributed by atoms with van der Waals surface area (Å²) in [5.74, 6) is 0. The van der Waals surface area contributed by atoms with Crippen LogP contribution in [0.2, 0.25) is 0 Å². The van der Waals surface area contributed by atoms with Gasteiger partial charge >= 0.3 is 0 Å². The van der Waals surface area contributed by atoms with Gasteiger partial charge in [-0.2, -0.15) is 0 Å². The third kappa shape index (κ3) is 1.68. The van der Waals surface area contributed by atoms with E-state index in [2.05, 4.69) is 9.97 Å². The zero-order chi connectivity index (χ0) is 10.2. The number of fused-ring (bicyclic) bond motifs is 1. The second-order valence-electron chi connectivity index (χ2n) is 3.57. The van der Waals surface area contributed by atoms with Crippen molar-refractivity contribution in [3.05, 3.63) is 30.5 Å². The normalized spacial score (nSPS) is 11.9. The Labute approximate surface area is 82.6 Å². The van der Waals surface area contributed by atoms with Gasteiger partial charge in [-0.3, -0.25) is 4.98 Å². The number of hydrogen-bond donors (Lipinski definition) is 0. The Balaban J connectivity index is 2.69. The SMILES string of the molecule is CP(C)(=O)c1cnc2ccccc2n1. The van der Waals surface area contributed by atoms with E-state index in [1.807, 2.05) is 24.3 Å². The molecule has 2 rings (SSSR count). The van der Waals surface area contributed by atoms with E-state index in [9.17, 15) is 4.57 Å². The van der Waals surface area contributed by atoms with Crippen LogP contribution in [-0.4, -0.2) is 23.3 Å². The minimum absolute atomic E-state index is 0.594. The van der Waals surface area contributed by atoms with Gasteiger partial charge in [-0.1, -0.05) is 12.1 Å². The van der Waals surface area contributed by atoms with Crippen LogP contribution in [0.25, 0.3) is 11.0 Å². The van der Waals surface area contributed by atoms with Crippen LogP contribution < -0.4 is 5.44 Å². The molecule has 2 aromatic rings. The molecule has 0 radical (unpaired) electrons. The molecular weight excluding hydrogens is 195 g/mol. The molecule has 3 nitrogen and oxygen atoms in total. The molecular formula is C10H11N2OP. The largest absolute Gasteiger partial charge is 0.318 e. The quantitative estimate of drug-likeness (QED) is 0.669. The minimum atomic E-state index is -2.30. The summed E-state index contributed by atoms with van der Waals surface area (Å²) in [6.45, 7) is 3.40. The number of benzene rings is 1. The first-order valence-corrected chi connectivity index (χ1v) is 6.95. The average Bonchev–Trinajstić information content (AvgIpc) is 2.16. The summed E-state index contributed by atoms with van der Waals surface area (Å²) in [6, 6.07) is 7.58. The van der Waals surface area contributed by atoms with Crippen molar-refractivity contribution in [1.29, 1.82) is 0 Å². The Morgan fingerprint density at radius 3 is 2.43 bits per heavy atom. The summed E-state index contributed by atoms with van der Waals surface area (Å²) in [6.07, 6.45) is 1.60. The molecule has 0 unspecified atom stereocenters. The van der Waals surface area contributed by atoms with E-state index in [1.54, 1.807) is 19.5 Å². The standard InChI is InChI=1S/C10H11N2OP/c1-14(2,13)10-7-11-8-5-3-4-6-9(8)12-10/h3-7H,1-2H3. The van der Waals surface area contributed by atoms with Crippen molar-refractivity contribution in [3.63, 3.8) is 0 Å². The van der Waals surface area contributed by atoms with Crippen LogP contribution in [0.5, 0.6) is 0 Å². The van der Waals surface area contributed by atoms with Crippen LogP contribution in [0.1, 0.15) is 0 Å². The highest BCUT2D eigenvalue weighted by atomic mass is 31.2. The molecule has 1 aromatic carbocycles. The molecule has 1 aromatic heterocycles. The summed E-state index contributed by atoms with van der Waals surface area (Å²) >= 11 is 0. The van der Waals surface area contributed by atoms with Crippen molar-refractivity contribution in [2.45, 2.75) is 0 Å². The van der Waals surface area contributed by atoms with E-state index >= 15 is 0 Å². The zero-order valence-corrected chi connectivity index (χ0v) is 9.03. The Kier molecular flexibility index (Phi) is 2.12. The van der Waals surface area contributed by atoms with Gasteiger partial charge in [0.05, 0.1) is 17.2 Å². The molecule has 0 aliphatic rings. The topological polar surface area (TPSA) is 42.9 Å². The van der Waals surface area contributed by atoms with Crippen LogP contribution in [0, 0.1) is 0 Å². The van der Waals surface area contributed by atoms with Gasteiger partial charge in [-0.15, -0.1) is 0 Å². The van der Waals surface area contributed by atoms with Gasteiger partial charge in [0.1, 0.15) is 12.6 Å². The summed E-state index contributed by atoms with van der Waals surface area (Å²) in [7, 11) is -2.30. The molecule has 0 aliphatic heterocycles. The maximum atomic E-state index is 11.8. The highest BCUT2D eigenvalue weighted by Crippen LogP contribution is 2.33. The van der Waals surface area contributed by atoms with Gasteiger partial charge in [0.25, 0.3) is 0 Å². The van der Waals surface area contributed by atoms with Crippen LogP contribution >= 0.6 is 7.14 Å². The first-order chi connectivity index (χ1) is 6.57. The van der Waals surface area contributed by atoms with Gasteiger partial charge in [0, 0.05) is 0 Å². The number of nitrogens with zero attached hydrogens (tertiary/aromatic N) is 2. The Morgan fingerprint density at radius 2 is 1.79 bits per heavy atom. The Hall–Kier alpha value is -1.21. The molecule has 0 saturated carbocycles. The highest BCUT2D eigenvalue weighted by molar-refractivity contribution is 7.69. The first-order valence-electron chi connectivity index (χ1n) is 4.35. The van der Waals surface area contributed by atoms with E-state index in [0.717, 1.165) is 11.0 Å². The molecule has 1 heterocycles. The van der Waals surface area contributed by atoms with Gasteiger partial charge in [0.15, 0.2) is 0 Å². The first kappa shape index (κ1) is 9.35. The van der Waals surface area contributed by atoms with E-state index in [4.69, 9.17) is 0 Å². The van der Waals surface area contributed by atoms with Crippen LogP contribution in [-0.2, 0) is 4.57 Å². The third-order valence-corrected chi connectivity index (χ3v) is 3.31. The molecule has 0 aliphatic carbocycles. The molecule has 72 valence electrons. The van der Waals surface area contributed by atoms with Crippen molar-refractivity contribution in [2.24, 2.45) is 0 Å². The minimum Gasteiger partial charge on any atom is -0.318 e. The van der Waals surface area contributed by atoms with Gasteiger partial charge in [-0.25, -0.2) is 4.98 Å². The van der Waals surface area contributed by atoms with E-state index in [-0.39, 0.29) is 0 Å². The average molecular weight is 206 g/mol. The predicted molar refractivity (Wildman–Crippen MR) is 58.6 cm³/mol. The van der Waals surface area contributed by atoms with Gasteiger partial charge < -0.3 is 4.57 Å².